The van der Waals surface area contributed by atoms with Gasteiger partial charge in [0.15, 0.2) is 0 Å². The Morgan fingerprint density at radius 1 is 1.29 bits per heavy atom. The standard InChI is InChI=1S/C21H22N4O3/c1-2-9-22-20(26)15-6-7-19(23-13-15)24-10-8-17-16(14-24)4-3-5-18(17)25-11-12-28-21(25)27/h2-7,13H,1,8-12,14H2,(H,22,26). The molecule has 4 rings (SSSR count). The average Bonchev–Trinajstić information content (AvgIpc) is 3.17. The van der Waals surface area contributed by atoms with Crippen LogP contribution in [0.25, 0.3) is 0 Å². The Labute approximate surface area is 163 Å². The number of nitrogens with zero attached hydrogens (tertiary/aromatic N) is 3. The van der Waals surface area contributed by atoms with Gasteiger partial charge in [-0.2, -0.15) is 0 Å². The van der Waals surface area contributed by atoms with Gasteiger partial charge in [-0.25, -0.2) is 9.78 Å². The summed E-state index contributed by atoms with van der Waals surface area (Å²) < 4.78 is 5.08. The highest BCUT2D eigenvalue weighted by Crippen LogP contribution is 2.32. The first-order chi connectivity index (χ1) is 13.7. The van der Waals surface area contributed by atoms with Crippen LogP contribution in [0.5, 0.6) is 0 Å². The fraction of sp³-hybridized carbons (Fsp3) is 0.286. The van der Waals surface area contributed by atoms with Gasteiger partial charge >= 0.3 is 6.09 Å². The molecule has 0 spiro atoms. The summed E-state index contributed by atoms with van der Waals surface area (Å²) in [5, 5.41) is 2.74. The van der Waals surface area contributed by atoms with Crippen LogP contribution < -0.4 is 15.1 Å². The number of carbonyl (C=O) groups is 2. The minimum absolute atomic E-state index is 0.162. The van der Waals surface area contributed by atoms with Crippen LogP contribution in [0.4, 0.5) is 16.3 Å². The van der Waals surface area contributed by atoms with Crippen molar-refractivity contribution in [3.8, 4) is 0 Å². The van der Waals surface area contributed by atoms with Gasteiger partial charge in [-0.15, -0.1) is 6.58 Å². The predicted molar refractivity (Wildman–Crippen MR) is 107 cm³/mol. The molecule has 1 aromatic heterocycles. The van der Waals surface area contributed by atoms with Crippen LogP contribution in [0.3, 0.4) is 0 Å². The number of fused-ring (bicyclic) bond motifs is 1. The van der Waals surface area contributed by atoms with Gasteiger partial charge in [0.05, 0.1) is 17.8 Å². The van der Waals surface area contributed by atoms with Crippen LogP contribution in [-0.2, 0) is 17.7 Å². The van der Waals surface area contributed by atoms with Crippen molar-refractivity contribution in [2.24, 2.45) is 0 Å². The fourth-order valence-corrected chi connectivity index (χ4v) is 3.62. The maximum Gasteiger partial charge on any atom is 0.414 e. The molecule has 0 bridgehead atoms. The van der Waals surface area contributed by atoms with Crippen LogP contribution in [-0.4, -0.2) is 43.2 Å². The molecule has 2 aliphatic heterocycles. The first-order valence-electron chi connectivity index (χ1n) is 9.32. The molecule has 2 amide bonds. The minimum atomic E-state index is -0.275. The molecule has 7 nitrogen and oxygen atoms in total. The third-order valence-corrected chi connectivity index (χ3v) is 5.03. The highest BCUT2D eigenvalue weighted by molar-refractivity contribution is 5.94. The second kappa shape index (κ2) is 7.72. The molecule has 1 N–H and O–H groups in total. The normalized spacial score (nSPS) is 15.8. The Hall–Kier alpha value is -3.35. The largest absolute Gasteiger partial charge is 0.447 e. The lowest BCUT2D eigenvalue weighted by Crippen LogP contribution is -2.33. The summed E-state index contributed by atoms with van der Waals surface area (Å²) in [5.41, 5.74) is 3.84. The molecule has 0 saturated carbocycles. The van der Waals surface area contributed by atoms with E-state index in [1.54, 1.807) is 23.2 Å². The average molecular weight is 378 g/mol. The molecule has 2 aliphatic rings. The Bertz CT molecular complexity index is 910. The third-order valence-electron chi connectivity index (χ3n) is 5.03. The van der Waals surface area contributed by atoms with Gasteiger partial charge in [-0.3, -0.25) is 9.69 Å². The zero-order valence-electron chi connectivity index (χ0n) is 15.6. The van der Waals surface area contributed by atoms with Gasteiger partial charge in [0.2, 0.25) is 0 Å². The smallest absolute Gasteiger partial charge is 0.414 e. The lowest BCUT2D eigenvalue weighted by molar-refractivity contribution is 0.0957. The lowest BCUT2D eigenvalue weighted by atomic mass is 9.97. The van der Waals surface area contributed by atoms with Crippen LogP contribution in [0.15, 0.2) is 49.2 Å². The van der Waals surface area contributed by atoms with Gasteiger partial charge in [0.25, 0.3) is 5.91 Å². The molecular formula is C21H22N4O3. The fourth-order valence-electron chi connectivity index (χ4n) is 3.62. The number of pyridine rings is 1. The minimum Gasteiger partial charge on any atom is -0.447 e. The Kier molecular flexibility index (Phi) is 4.97. The number of hydrogen-bond donors (Lipinski definition) is 1. The summed E-state index contributed by atoms with van der Waals surface area (Å²) in [5.74, 6) is 0.669. The van der Waals surface area contributed by atoms with Crippen molar-refractivity contribution < 1.29 is 14.3 Å². The van der Waals surface area contributed by atoms with Crippen molar-refractivity contribution in [3.63, 3.8) is 0 Å². The first-order valence-corrected chi connectivity index (χ1v) is 9.32. The molecule has 1 saturated heterocycles. The van der Waals surface area contributed by atoms with E-state index in [1.165, 1.54) is 11.1 Å². The van der Waals surface area contributed by atoms with Crippen molar-refractivity contribution in [3.05, 3.63) is 65.9 Å². The van der Waals surface area contributed by atoms with E-state index < -0.39 is 0 Å². The van der Waals surface area contributed by atoms with Crippen LogP contribution in [0.1, 0.15) is 21.5 Å². The molecule has 1 fully saturated rings. The maximum atomic E-state index is 12.0. The molecule has 1 aromatic carbocycles. The molecule has 0 aliphatic carbocycles. The van der Waals surface area contributed by atoms with Crippen LogP contribution in [0.2, 0.25) is 0 Å². The number of rotatable bonds is 5. The molecule has 144 valence electrons. The Morgan fingerprint density at radius 3 is 2.89 bits per heavy atom. The van der Waals surface area contributed by atoms with Gasteiger partial charge in [-0.05, 0) is 35.7 Å². The molecule has 2 aromatic rings. The lowest BCUT2D eigenvalue weighted by Gasteiger charge is -2.32. The number of anilines is 2. The van der Waals surface area contributed by atoms with E-state index in [-0.39, 0.29) is 12.0 Å². The topological polar surface area (TPSA) is 74.8 Å². The van der Waals surface area contributed by atoms with Gasteiger partial charge in [-0.1, -0.05) is 18.2 Å². The molecular weight excluding hydrogens is 356 g/mol. The summed E-state index contributed by atoms with van der Waals surface area (Å²) in [6.07, 6.45) is 3.78. The molecule has 0 radical (unpaired) electrons. The van der Waals surface area contributed by atoms with Gasteiger partial charge in [0, 0.05) is 25.8 Å². The van der Waals surface area contributed by atoms with Crippen molar-refractivity contribution >= 4 is 23.5 Å². The Balaban J connectivity index is 1.51. The van der Waals surface area contributed by atoms with E-state index in [2.05, 4.69) is 27.8 Å². The maximum absolute atomic E-state index is 12.0. The molecule has 3 heterocycles. The summed E-state index contributed by atoms with van der Waals surface area (Å²) in [6.45, 7) is 6.55. The van der Waals surface area contributed by atoms with Crippen LogP contribution in [0, 0.1) is 0 Å². The molecule has 0 unspecified atom stereocenters. The zero-order chi connectivity index (χ0) is 19.5. The number of hydrogen-bond acceptors (Lipinski definition) is 5. The number of cyclic esters (lactones) is 1. The van der Waals surface area contributed by atoms with E-state index in [0.717, 1.165) is 24.5 Å². The second-order valence-electron chi connectivity index (χ2n) is 6.76. The van der Waals surface area contributed by atoms with Crippen molar-refractivity contribution in [1.82, 2.24) is 10.3 Å². The number of aromatic nitrogens is 1. The molecule has 0 atom stereocenters. The first kappa shape index (κ1) is 18.0. The van der Waals surface area contributed by atoms with Gasteiger partial charge < -0.3 is 15.0 Å². The highest BCUT2D eigenvalue weighted by atomic mass is 16.6. The van der Waals surface area contributed by atoms with Gasteiger partial charge in [0.1, 0.15) is 12.4 Å². The summed E-state index contributed by atoms with van der Waals surface area (Å²) in [6, 6.07) is 9.70. The zero-order valence-corrected chi connectivity index (χ0v) is 15.6. The van der Waals surface area contributed by atoms with Crippen molar-refractivity contribution in [1.29, 1.82) is 0 Å². The quantitative estimate of drug-likeness (QED) is 0.810. The van der Waals surface area contributed by atoms with E-state index in [0.29, 0.717) is 31.8 Å². The third kappa shape index (κ3) is 3.43. The second-order valence-corrected chi connectivity index (χ2v) is 6.76. The van der Waals surface area contributed by atoms with Crippen molar-refractivity contribution in [2.45, 2.75) is 13.0 Å². The SMILES string of the molecule is C=CCNC(=O)c1ccc(N2CCc3c(cccc3N3CCOC3=O)C2)nc1. The van der Waals surface area contributed by atoms with Crippen molar-refractivity contribution in [2.75, 3.05) is 36.0 Å². The summed E-state index contributed by atoms with van der Waals surface area (Å²) in [4.78, 5) is 32.3. The Morgan fingerprint density at radius 2 is 2.18 bits per heavy atom. The summed E-state index contributed by atoms with van der Waals surface area (Å²) in [7, 11) is 0. The van der Waals surface area contributed by atoms with E-state index in [9.17, 15) is 9.59 Å². The number of ether oxygens (including phenoxy) is 1. The monoisotopic (exact) mass is 378 g/mol. The number of carbonyl (C=O) groups excluding carboxylic acids is 2. The van der Waals surface area contributed by atoms with E-state index in [1.807, 2.05) is 18.2 Å². The summed E-state index contributed by atoms with van der Waals surface area (Å²) >= 11 is 0. The number of benzene rings is 1. The molecule has 7 heteroatoms. The highest BCUT2D eigenvalue weighted by Gasteiger charge is 2.28. The number of nitrogens with one attached hydrogen (secondary N) is 1. The number of amides is 2. The van der Waals surface area contributed by atoms with E-state index >= 15 is 0 Å². The molecule has 28 heavy (non-hydrogen) atoms. The predicted octanol–water partition coefficient (Wildman–Crippen LogP) is 2.52. The van der Waals surface area contributed by atoms with E-state index in [4.69, 9.17) is 4.74 Å². The van der Waals surface area contributed by atoms with Crippen LogP contribution >= 0.6 is 0 Å².